The molecule has 3 aromatic rings. The summed E-state index contributed by atoms with van der Waals surface area (Å²) in [6.45, 7) is 5.33. The molecule has 0 bridgehead atoms. The summed E-state index contributed by atoms with van der Waals surface area (Å²) in [5, 5.41) is 2.84. The SMILES string of the molecule is COc1ccc(CN(C(=O)CN(c2ccc(F)cc2)S(=O)(=O)c2ccc(OC)cc2)C(C)C(=O)NCC(C)C)cc1. The van der Waals surface area contributed by atoms with Gasteiger partial charge >= 0.3 is 0 Å². The van der Waals surface area contributed by atoms with Gasteiger partial charge < -0.3 is 19.7 Å². The normalized spacial score (nSPS) is 12.0. The minimum absolute atomic E-state index is 0.0406. The summed E-state index contributed by atoms with van der Waals surface area (Å²) in [6.07, 6.45) is 0. The van der Waals surface area contributed by atoms with Gasteiger partial charge in [0.2, 0.25) is 11.8 Å². The Hall–Kier alpha value is -4.12. The van der Waals surface area contributed by atoms with Crippen molar-refractivity contribution in [2.24, 2.45) is 5.92 Å². The average Bonchev–Trinajstić information content (AvgIpc) is 2.97. The molecule has 3 aromatic carbocycles. The number of methoxy groups -OCH3 is 2. The fraction of sp³-hybridized carbons (Fsp3) is 0.333. The van der Waals surface area contributed by atoms with Crippen LogP contribution in [0.15, 0.2) is 77.7 Å². The van der Waals surface area contributed by atoms with E-state index in [1.54, 1.807) is 38.3 Å². The van der Waals surface area contributed by atoms with E-state index in [2.05, 4.69) is 5.32 Å². The van der Waals surface area contributed by atoms with Crippen LogP contribution in [-0.4, -0.2) is 58.5 Å². The molecule has 3 rings (SSSR count). The van der Waals surface area contributed by atoms with Crippen molar-refractivity contribution in [3.8, 4) is 11.5 Å². The third-order valence-corrected chi connectivity index (χ3v) is 8.19. The summed E-state index contributed by atoms with van der Waals surface area (Å²) >= 11 is 0. The van der Waals surface area contributed by atoms with Gasteiger partial charge in [0.05, 0.1) is 24.8 Å². The largest absolute Gasteiger partial charge is 0.497 e. The van der Waals surface area contributed by atoms with Gasteiger partial charge in [-0.05, 0) is 79.1 Å². The van der Waals surface area contributed by atoms with Gasteiger partial charge in [-0.15, -0.1) is 0 Å². The standard InChI is InChI=1S/C30H36FN3O6S/c1-21(2)18-32-30(36)22(3)33(19-23-6-12-26(39-4)13-7-23)29(35)20-34(25-10-8-24(31)9-11-25)41(37,38)28-16-14-27(40-5)15-17-28/h6-17,21-22H,18-20H2,1-5H3,(H,32,36). The molecular weight excluding hydrogens is 549 g/mol. The van der Waals surface area contributed by atoms with Gasteiger partial charge in [0, 0.05) is 13.1 Å². The molecule has 0 aliphatic rings. The van der Waals surface area contributed by atoms with Gasteiger partial charge in [-0.1, -0.05) is 26.0 Å². The quantitative estimate of drug-likeness (QED) is 0.322. The fourth-order valence-corrected chi connectivity index (χ4v) is 5.39. The van der Waals surface area contributed by atoms with E-state index in [0.717, 1.165) is 16.4 Å². The number of halogens is 1. The van der Waals surface area contributed by atoms with E-state index >= 15 is 0 Å². The van der Waals surface area contributed by atoms with Gasteiger partial charge in [-0.3, -0.25) is 13.9 Å². The van der Waals surface area contributed by atoms with E-state index in [0.29, 0.717) is 23.6 Å². The van der Waals surface area contributed by atoms with Crippen LogP contribution in [0.5, 0.6) is 11.5 Å². The number of sulfonamides is 1. The van der Waals surface area contributed by atoms with Crippen LogP contribution in [0.3, 0.4) is 0 Å². The Balaban J connectivity index is 2.00. The predicted molar refractivity (Wildman–Crippen MR) is 155 cm³/mol. The summed E-state index contributed by atoms with van der Waals surface area (Å²) in [7, 11) is -1.28. The van der Waals surface area contributed by atoms with Crippen molar-refractivity contribution >= 4 is 27.5 Å². The summed E-state index contributed by atoms with van der Waals surface area (Å²) in [4.78, 5) is 28.2. The first-order valence-corrected chi connectivity index (χ1v) is 14.5. The van der Waals surface area contributed by atoms with E-state index in [-0.39, 0.29) is 29.0 Å². The molecule has 41 heavy (non-hydrogen) atoms. The van der Waals surface area contributed by atoms with Crippen LogP contribution >= 0.6 is 0 Å². The number of anilines is 1. The molecule has 9 nitrogen and oxygen atoms in total. The zero-order chi connectivity index (χ0) is 30.2. The van der Waals surface area contributed by atoms with Crippen molar-refractivity contribution in [2.75, 3.05) is 31.6 Å². The summed E-state index contributed by atoms with van der Waals surface area (Å²) < 4.78 is 52.6. The molecule has 220 valence electrons. The van der Waals surface area contributed by atoms with Crippen LogP contribution in [-0.2, 0) is 26.2 Å². The first kappa shape index (κ1) is 31.4. The van der Waals surface area contributed by atoms with Crippen molar-refractivity contribution in [1.29, 1.82) is 0 Å². The second kappa shape index (κ2) is 14.0. The van der Waals surface area contributed by atoms with E-state index in [1.165, 1.54) is 48.4 Å². The van der Waals surface area contributed by atoms with Crippen molar-refractivity contribution in [3.05, 3.63) is 84.2 Å². The Labute approximate surface area is 240 Å². The molecule has 1 unspecified atom stereocenters. The molecule has 0 saturated heterocycles. The lowest BCUT2D eigenvalue weighted by Crippen LogP contribution is -2.51. The Morgan fingerprint density at radius 1 is 0.854 bits per heavy atom. The Morgan fingerprint density at radius 2 is 1.39 bits per heavy atom. The van der Waals surface area contributed by atoms with Gasteiger partial charge in [0.1, 0.15) is 29.9 Å². The van der Waals surface area contributed by atoms with Crippen LogP contribution < -0.4 is 19.1 Å². The van der Waals surface area contributed by atoms with E-state index < -0.39 is 34.3 Å². The minimum atomic E-state index is -4.28. The first-order valence-electron chi connectivity index (χ1n) is 13.1. The zero-order valence-corrected chi connectivity index (χ0v) is 24.7. The molecule has 0 aliphatic carbocycles. The van der Waals surface area contributed by atoms with Gasteiger partial charge in [-0.25, -0.2) is 12.8 Å². The number of hydrogen-bond acceptors (Lipinski definition) is 6. The Kier molecular flexibility index (Phi) is 10.7. The Morgan fingerprint density at radius 3 is 1.90 bits per heavy atom. The highest BCUT2D eigenvalue weighted by atomic mass is 32.2. The van der Waals surface area contributed by atoms with Crippen LogP contribution in [0.25, 0.3) is 0 Å². The van der Waals surface area contributed by atoms with Crippen molar-refractivity contribution in [3.63, 3.8) is 0 Å². The number of ether oxygens (including phenoxy) is 2. The molecule has 0 heterocycles. The number of nitrogens with one attached hydrogen (secondary N) is 1. The van der Waals surface area contributed by atoms with Gasteiger partial charge in [-0.2, -0.15) is 0 Å². The second-order valence-electron chi connectivity index (χ2n) is 9.85. The van der Waals surface area contributed by atoms with Crippen LogP contribution in [0.4, 0.5) is 10.1 Å². The summed E-state index contributed by atoms with van der Waals surface area (Å²) in [5.74, 6) is -0.261. The molecule has 1 N–H and O–H groups in total. The third kappa shape index (κ3) is 8.20. The molecule has 0 aliphatic heterocycles. The molecule has 0 spiro atoms. The number of rotatable bonds is 13. The average molecular weight is 586 g/mol. The van der Waals surface area contributed by atoms with Crippen molar-refractivity contribution in [2.45, 2.75) is 38.3 Å². The molecule has 0 fully saturated rings. The lowest BCUT2D eigenvalue weighted by molar-refractivity contribution is -0.139. The van der Waals surface area contributed by atoms with Crippen LogP contribution in [0, 0.1) is 11.7 Å². The predicted octanol–water partition coefficient (Wildman–Crippen LogP) is 4.23. The van der Waals surface area contributed by atoms with E-state index in [9.17, 15) is 22.4 Å². The summed E-state index contributed by atoms with van der Waals surface area (Å²) in [5.41, 5.74) is 0.811. The number of amides is 2. The topological polar surface area (TPSA) is 105 Å². The van der Waals surface area contributed by atoms with Crippen molar-refractivity contribution in [1.82, 2.24) is 10.2 Å². The Bertz CT molecular complexity index is 1410. The fourth-order valence-electron chi connectivity index (χ4n) is 3.97. The van der Waals surface area contributed by atoms with Crippen LogP contribution in [0.2, 0.25) is 0 Å². The lowest BCUT2D eigenvalue weighted by Gasteiger charge is -2.32. The molecule has 11 heteroatoms. The molecule has 0 aromatic heterocycles. The zero-order valence-electron chi connectivity index (χ0n) is 23.8. The van der Waals surface area contributed by atoms with Crippen LogP contribution in [0.1, 0.15) is 26.3 Å². The maximum atomic E-state index is 13.9. The summed E-state index contributed by atoms with van der Waals surface area (Å²) in [6, 6.07) is 16.6. The smallest absolute Gasteiger partial charge is 0.264 e. The van der Waals surface area contributed by atoms with E-state index in [1.807, 2.05) is 13.8 Å². The highest BCUT2D eigenvalue weighted by molar-refractivity contribution is 7.92. The maximum Gasteiger partial charge on any atom is 0.264 e. The number of nitrogens with zero attached hydrogens (tertiary/aromatic N) is 2. The van der Waals surface area contributed by atoms with Gasteiger partial charge in [0.25, 0.3) is 10.0 Å². The maximum absolute atomic E-state index is 13.9. The van der Waals surface area contributed by atoms with Crippen molar-refractivity contribution < 1.29 is 31.9 Å². The minimum Gasteiger partial charge on any atom is -0.497 e. The molecule has 0 radical (unpaired) electrons. The molecule has 2 amide bonds. The first-order chi connectivity index (χ1) is 19.5. The molecule has 1 atom stereocenters. The number of carbonyl (C=O) groups excluding carboxylic acids is 2. The third-order valence-electron chi connectivity index (χ3n) is 6.40. The van der Waals surface area contributed by atoms with Gasteiger partial charge in [0.15, 0.2) is 0 Å². The highest BCUT2D eigenvalue weighted by Crippen LogP contribution is 2.26. The van der Waals surface area contributed by atoms with E-state index in [4.69, 9.17) is 9.47 Å². The second-order valence-corrected chi connectivity index (χ2v) is 11.7. The molecule has 0 saturated carbocycles. The molecular formula is C30H36FN3O6S. The lowest BCUT2D eigenvalue weighted by atomic mass is 10.1. The number of benzene rings is 3. The number of hydrogen-bond donors (Lipinski definition) is 1. The monoisotopic (exact) mass is 585 g/mol. The highest BCUT2D eigenvalue weighted by Gasteiger charge is 2.32. The number of carbonyl (C=O) groups is 2.